The SMILES string of the molecule is CCCC(C)Sc1cncnc1. The van der Waals surface area contributed by atoms with Crippen molar-refractivity contribution in [3.63, 3.8) is 0 Å². The number of hydrogen-bond donors (Lipinski definition) is 0. The van der Waals surface area contributed by atoms with E-state index in [1.807, 2.05) is 24.2 Å². The minimum atomic E-state index is 0.668. The third-order valence-electron chi connectivity index (χ3n) is 1.57. The summed E-state index contributed by atoms with van der Waals surface area (Å²) in [5, 5.41) is 0.668. The summed E-state index contributed by atoms with van der Waals surface area (Å²) < 4.78 is 0. The van der Waals surface area contributed by atoms with E-state index in [2.05, 4.69) is 23.8 Å². The van der Waals surface area contributed by atoms with Crippen LogP contribution < -0.4 is 0 Å². The summed E-state index contributed by atoms with van der Waals surface area (Å²) in [6.07, 6.45) is 7.78. The maximum Gasteiger partial charge on any atom is 0.115 e. The molecule has 1 rings (SSSR count). The van der Waals surface area contributed by atoms with Crippen molar-refractivity contribution in [3.05, 3.63) is 18.7 Å². The van der Waals surface area contributed by atoms with Gasteiger partial charge in [0.25, 0.3) is 0 Å². The van der Waals surface area contributed by atoms with E-state index in [0.717, 1.165) is 0 Å². The normalized spacial score (nSPS) is 12.8. The number of aromatic nitrogens is 2. The minimum Gasteiger partial charge on any atom is -0.244 e. The van der Waals surface area contributed by atoms with Crippen LogP contribution in [-0.4, -0.2) is 15.2 Å². The molecule has 0 aliphatic carbocycles. The molecule has 12 heavy (non-hydrogen) atoms. The number of hydrogen-bond acceptors (Lipinski definition) is 3. The molecule has 1 aromatic rings. The lowest BCUT2D eigenvalue weighted by Crippen LogP contribution is -1.94. The lowest BCUT2D eigenvalue weighted by molar-refractivity contribution is 0.786. The van der Waals surface area contributed by atoms with Gasteiger partial charge in [-0.15, -0.1) is 11.8 Å². The third-order valence-corrected chi connectivity index (χ3v) is 2.69. The Morgan fingerprint density at radius 2 is 2.08 bits per heavy atom. The van der Waals surface area contributed by atoms with Crippen molar-refractivity contribution in [1.29, 1.82) is 0 Å². The van der Waals surface area contributed by atoms with Crippen molar-refractivity contribution in [2.24, 2.45) is 0 Å². The van der Waals surface area contributed by atoms with E-state index >= 15 is 0 Å². The first kappa shape index (κ1) is 9.52. The molecule has 0 aromatic carbocycles. The Balaban J connectivity index is 2.41. The first-order chi connectivity index (χ1) is 5.83. The summed E-state index contributed by atoms with van der Waals surface area (Å²) in [5.41, 5.74) is 0. The fraction of sp³-hybridized carbons (Fsp3) is 0.556. The molecular formula is C9H14N2S. The summed E-state index contributed by atoms with van der Waals surface area (Å²) >= 11 is 1.84. The molecule has 0 N–H and O–H groups in total. The van der Waals surface area contributed by atoms with Crippen LogP contribution in [0.25, 0.3) is 0 Å². The highest BCUT2D eigenvalue weighted by Gasteiger charge is 2.02. The molecule has 3 heteroatoms. The standard InChI is InChI=1S/C9H14N2S/c1-3-4-8(2)12-9-5-10-7-11-6-9/h5-8H,3-4H2,1-2H3. The fourth-order valence-corrected chi connectivity index (χ4v) is 2.11. The Morgan fingerprint density at radius 3 is 2.67 bits per heavy atom. The molecular weight excluding hydrogens is 168 g/mol. The summed E-state index contributed by atoms with van der Waals surface area (Å²) in [4.78, 5) is 9.10. The molecule has 0 fully saturated rings. The molecule has 1 heterocycles. The second-order valence-electron chi connectivity index (χ2n) is 2.79. The Bertz CT molecular complexity index is 213. The molecule has 0 aliphatic rings. The second-order valence-corrected chi connectivity index (χ2v) is 4.30. The average molecular weight is 182 g/mol. The predicted molar refractivity (Wildman–Crippen MR) is 52.3 cm³/mol. The van der Waals surface area contributed by atoms with Crippen LogP contribution in [0, 0.1) is 0 Å². The molecule has 0 radical (unpaired) electrons. The van der Waals surface area contributed by atoms with Gasteiger partial charge in [-0.1, -0.05) is 20.3 Å². The van der Waals surface area contributed by atoms with Gasteiger partial charge in [-0.3, -0.25) is 0 Å². The van der Waals surface area contributed by atoms with Gasteiger partial charge < -0.3 is 0 Å². The van der Waals surface area contributed by atoms with E-state index in [0.29, 0.717) is 5.25 Å². The second kappa shape index (κ2) is 5.14. The highest BCUT2D eigenvalue weighted by molar-refractivity contribution is 7.99. The van der Waals surface area contributed by atoms with E-state index in [1.54, 1.807) is 6.33 Å². The average Bonchev–Trinajstić information content (AvgIpc) is 2.06. The van der Waals surface area contributed by atoms with E-state index in [9.17, 15) is 0 Å². The molecule has 1 aromatic heterocycles. The van der Waals surface area contributed by atoms with Crippen molar-refractivity contribution in [1.82, 2.24) is 9.97 Å². The monoisotopic (exact) mass is 182 g/mol. The van der Waals surface area contributed by atoms with Crippen molar-refractivity contribution in [3.8, 4) is 0 Å². The molecule has 2 nitrogen and oxygen atoms in total. The third kappa shape index (κ3) is 3.22. The molecule has 1 unspecified atom stereocenters. The zero-order chi connectivity index (χ0) is 8.81. The highest BCUT2D eigenvalue weighted by Crippen LogP contribution is 2.23. The lowest BCUT2D eigenvalue weighted by Gasteiger charge is -2.07. The van der Waals surface area contributed by atoms with Crippen LogP contribution in [0.4, 0.5) is 0 Å². The first-order valence-corrected chi connectivity index (χ1v) is 5.12. The summed E-state index contributed by atoms with van der Waals surface area (Å²) in [7, 11) is 0. The Hall–Kier alpha value is -0.570. The molecule has 0 amide bonds. The largest absolute Gasteiger partial charge is 0.244 e. The van der Waals surface area contributed by atoms with Gasteiger partial charge in [0.1, 0.15) is 6.33 Å². The minimum absolute atomic E-state index is 0.668. The Morgan fingerprint density at radius 1 is 1.42 bits per heavy atom. The molecule has 0 spiro atoms. The van der Waals surface area contributed by atoms with Crippen molar-refractivity contribution in [2.75, 3.05) is 0 Å². The molecule has 66 valence electrons. The van der Waals surface area contributed by atoms with Crippen LogP contribution in [0.15, 0.2) is 23.6 Å². The topological polar surface area (TPSA) is 25.8 Å². The van der Waals surface area contributed by atoms with Gasteiger partial charge in [0.05, 0.1) is 0 Å². The van der Waals surface area contributed by atoms with Gasteiger partial charge in [-0.05, 0) is 6.42 Å². The van der Waals surface area contributed by atoms with Crippen molar-refractivity contribution in [2.45, 2.75) is 36.8 Å². The molecule has 0 aliphatic heterocycles. The zero-order valence-corrected chi connectivity index (χ0v) is 8.34. The zero-order valence-electron chi connectivity index (χ0n) is 7.53. The van der Waals surface area contributed by atoms with Gasteiger partial charge in [0.15, 0.2) is 0 Å². The summed E-state index contributed by atoms with van der Waals surface area (Å²) in [5.74, 6) is 0. The van der Waals surface area contributed by atoms with Crippen LogP contribution in [0.2, 0.25) is 0 Å². The molecule has 0 bridgehead atoms. The summed E-state index contributed by atoms with van der Waals surface area (Å²) in [6, 6.07) is 0. The lowest BCUT2D eigenvalue weighted by atomic mass is 10.3. The number of rotatable bonds is 4. The number of nitrogens with zero attached hydrogens (tertiary/aromatic N) is 2. The van der Waals surface area contributed by atoms with Crippen LogP contribution in [0.3, 0.4) is 0 Å². The van der Waals surface area contributed by atoms with E-state index in [1.165, 1.54) is 17.7 Å². The molecule has 0 saturated carbocycles. The number of thioether (sulfide) groups is 1. The molecule has 1 atom stereocenters. The van der Waals surface area contributed by atoms with E-state index in [4.69, 9.17) is 0 Å². The van der Waals surface area contributed by atoms with E-state index in [-0.39, 0.29) is 0 Å². The molecule has 0 saturated heterocycles. The summed E-state index contributed by atoms with van der Waals surface area (Å²) in [6.45, 7) is 4.44. The maximum absolute atomic E-state index is 3.97. The van der Waals surface area contributed by atoms with Gasteiger partial charge in [0.2, 0.25) is 0 Å². The van der Waals surface area contributed by atoms with Crippen LogP contribution >= 0.6 is 11.8 Å². The smallest absolute Gasteiger partial charge is 0.115 e. The van der Waals surface area contributed by atoms with Crippen LogP contribution in [0.1, 0.15) is 26.7 Å². The van der Waals surface area contributed by atoms with Gasteiger partial charge >= 0.3 is 0 Å². The Labute approximate surface area is 77.8 Å². The van der Waals surface area contributed by atoms with Crippen molar-refractivity contribution >= 4 is 11.8 Å². The quantitative estimate of drug-likeness (QED) is 0.670. The van der Waals surface area contributed by atoms with Gasteiger partial charge in [-0.25, -0.2) is 9.97 Å². The van der Waals surface area contributed by atoms with Crippen molar-refractivity contribution < 1.29 is 0 Å². The van der Waals surface area contributed by atoms with Gasteiger partial charge in [-0.2, -0.15) is 0 Å². The van der Waals surface area contributed by atoms with Crippen LogP contribution in [-0.2, 0) is 0 Å². The first-order valence-electron chi connectivity index (χ1n) is 4.24. The Kier molecular flexibility index (Phi) is 4.08. The predicted octanol–water partition coefficient (Wildman–Crippen LogP) is 2.76. The fourth-order valence-electron chi connectivity index (χ4n) is 1.04. The van der Waals surface area contributed by atoms with Gasteiger partial charge in [0, 0.05) is 22.5 Å². The highest BCUT2D eigenvalue weighted by atomic mass is 32.2. The van der Waals surface area contributed by atoms with Crippen LogP contribution in [0.5, 0.6) is 0 Å². The maximum atomic E-state index is 3.97. The van der Waals surface area contributed by atoms with E-state index < -0.39 is 0 Å².